The molecule has 0 saturated carbocycles. The molecule has 1 aliphatic heterocycles. The van der Waals surface area contributed by atoms with Crippen molar-refractivity contribution in [3.63, 3.8) is 0 Å². The second kappa shape index (κ2) is 8.02. The van der Waals surface area contributed by atoms with Gasteiger partial charge in [0.05, 0.1) is 27.8 Å². The van der Waals surface area contributed by atoms with Crippen LogP contribution in [0.25, 0.3) is 38.9 Å². The average molecular weight is 479 g/mol. The van der Waals surface area contributed by atoms with Gasteiger partial charge >= 0.3 is 0 Å². The molecule has 5 heterocycles. The molecular formula is C24H20Cl2N6O. The van der Waals surface area contributed by atoms with E-state index in [4.69, 9.17) is 38.7 Å². The van der Waals surface area contributed by atoms with E-state index in [1.165, 1.54) is 0 Å². The summed E-state index contributed by atoms with van der Waals surface area (Å²) in [6.45, 7) is 1.54. The molecule has 0 unspecified atom stereocenters. The smallest absolute Gasteiger partial charge is 0.148 e. The first-order valence-electron chi connectivity index (χ1n) is 10.7. The summed E-state index contributed by atoms with van der Waals surface area (Å²) in [7, 11) is 0. The SMILES string of the molecule is Nc1c(-c2c(Cl)cccc2Cl)nc2c3cc(-c4cnn(C5CCOCC5)c4)cnc3ccn12. The number of hydrogen-bond donors (Lipinski definition) is 1. The van der Waals surface area contributed by atoms with Gasteiger partial charge in [-0.1, -0.05) is 29.3 Å². The van der Waals surface area contributed by atoms with E-state index in [0.29, 0.717) is 38.8 Å². The number of aromatic nitrogens is 5. The number of hydrogen-bond acceptors (Lipinski definition) is 5. The standard InChI is InChI=1S/C24H20Cl2N6O/c25-18-2-1-3-19(26)21(18)22-23(27)31-7-4-20-17(24(31)30-22)10-14(11-28-20)15-12-29-32(13-15)16-5-8-33-9-6-16/h1-4,7,10-13,16H,5-6,8-9,27H2. The highest BCUT2D eigenvalue weighted by molar-refractivity contribution is 6.39. The number of imidazole rings is 1. The number of rotatable bonds is 3. The van der Waals surface area contributed by atoms with Gasteiger partial charge in [0.1, 0.15) is 17.2 Å². The third-order valence-electron chi connectivity index (χ3n) is 6.19. The maximum atomic E-state index is 6.47. The fourth-order valence-electron chi connectivity index (χ4n) is 4.42. The number of pyridine rings is 2. The first-order valence-corrected chi connectivity index (χ1v) is 11.5. The van der Waals surface area contributed by atoms with E-state index in [1.54, 1.807) is 18.2 Å². The quantitative estimate of drug-likeness (QED) is 0.362. The Bertz CT molecular complexity index is 1480. The van der Waals surface area contributed by atoms with Crippen molar-refractivity contribution < 1.29 is 4.74 Å². The molecule has 0 spiro atoms. The Hall–Kier alpha value is -3.13. The Labute approximate surface area is 199 Å². The monoisotopic (exact) mass is 478 g/mol. The molecule has 4 aromatic heterocycles. The fraction of sp³-hybridized carbons (Fsp3) is 0.208. The highest BCUT2D eigenvalue weighted by Gasteiger charge is 2.20. The minimum atomic E-state index is 0.364. The predicted molar refractivity (Wildman–Crippen MR) is 131 cm³/mol. The van der Waals surface area contributed by atoms with Crippen molar-refractivity contribution in [2.45, 2.75) is 18.9 Å². The van der Waals surface area contributed by atoms with Crippen LogP contribution in [0.4, 0.5) is 5.82 Å². The van der Waals surface area contributed by atoms with Gasteiger partial charge < -0.3 is 10.5 Å². The van der Waals surface area contributed by atoms with Crippen LogP contribution in [0, 0.1) is 0 Å². The van der Waals surface area contributed by atoms with E-state index in [1.807, 2.05) is 33.7 Å². The maximum Gasteiger partial charge on any atom is 0.148 e. The van der Waals surface area contributed by atoms with Crippen LogP contribution in [0.3, 0.4) is 0 Å². The lowest BCUT2D eigenvalue weighted by Gasteiger charge is -2.22. The molecule has 33 heavy (non-hydrogen) atoms. The zero-order chi connectivity index (χ0) is 22.5. The molecule has 2 N–H and O–H groups in total. The number of halogens is 2. The van der Waals surface area contributed by atoms with Crippen molar-refractivity contribution in [2.24, 2.45) is 0 Å². The molecule has 7 nitrogen and oxygen atoms in total. The lowest BCUT2D eigenvalue weighted by atomic mass is 10.1. The summed E-state index contributed by atoms with van der Waals surface area (Å²) in [5.74, 6) is 0.472. The molecule has 0 radical (unpaired) electrons. The van der Waals surface area contributed by atoms with Crippen LogP contribution in [0.2, 0.25) is 10.0 Å². The van der Waals surface area contributed by atoms with Crippen LogP contribution in [0.1, 0.15) is 18.9 Å². The number of anilines is 1. The summed E-state index contributed by atoms with van der Waals surface area (Å²) in [6.07, 6.45) is 9.63. The van der Waals surface area contributed by atoms with Crippen LogP contribution in [0.5, 0.6) is 0 Å². The summed E-state index contributed by atoms with van der Waals surface area (Å²) in [5.41, 5.74) is 11.1. The fourth-order valence-corrected chi connectivity index (χ4v) is 5.00. The van der Waals surface area contributed by atoms with Gasteiger partial charge in [-0.2, -0.15) is 5.10 Å². The zero-order valence-electron chi connectivity index (χ0n) is 17.6. The third-order valence-corrected chi connectivity index (χ3v) is 6.82. The van der Waals surface area contributed by atoms with E-state index in [-0.39, 0.29) is 0 Å². The van der Waals surface area contributed by atoms with E-state index in [9.17, 15) is 0 Å². The van der Waals surface area contributed by atoms with E-state index >= 15 is 0 Å². The number of ether oxygens (including phenoxy) is 1. The summed E-state index contributed by atoms with van der Waals surface area (Å²) >= 11 is 12.9. The highest BCUT2D eigenvalue weighted by Crippen LogP contribution is 2.38. The number of nitrogen functional groups attached to an aromatic ring is 1. The van der Waals surface area contributed by atoms with Gasteiger partial charge in [-0.3, -0.25) is 14.1 Å². The Balaban J connectivity index is 1.48. The molecule has 1 saturated heterocycles. The molecule has 0 atom stereocenters. The zero-order valence-corrected chi connectivity index (χ0v) is 19.1. The van der Waals surface area contributed by atoms with Gasteiger partial charge in [0.15, 0.2) is 0 Å². The third kappa shape index (κ3) is 3.44. The van der Waals surface area contributed by atoms with Gasteiger partial charge in [-0.25, -0.2) is 4.98 Å². The minimum absolute atomic E-state index is 0.364. The minimum Gasteiger partial charge on any atom is -0.383 e. The normalized spacial score (nSPS) is 15.0. The van der Waals surface area contributed by atoms with E-state index < -0.39 is 0 Å². The Morgan fingerprint density at radius 1 is 1.03 bits per heavy atom. The largest absolute Gasteiger partial charge is 0.383 e. The van der Waals surface area contributed by atoms with E-state index in [0.717, 1.165) is 48.1 Å². The Morgan fingerprint density at radius 3 is 2.61 bits per heavy atom. The summed E-state index contributed by atoms with van der Waals surface area (Å²) in [4.78, 5) is 9.51. The Morgan fingerprint density at radius 2 is 1.82 bits per heavy atom. The lowest BCUT2D eigenvalue weighted by Crippen LogP contribution is -2.19. The van der Waals surface area contributed by atoms with Gasteiger partial charge in [-0.15, -0.1) is 0 Å². The molecule has 1 fully saturated rings. The second-order valence-electron chi connectivity index (χ2n) is 8.16. The maximum absolute atomic E-state index is 6.47. The first kappa shape index (κ1) is 20.5. The van der Waals surface area contributed by atoms with Crippen LogP contribution in [-0.2, 0) is 4.74 Å². The second-order valence-corrected chi connectivity index (χ2v) is 8.98. The first-order chi connectivity index (χ1) is 16.1. The van der Waals surface area contributed by atoms with Crippen LogP contribution in [0.15, 0.2) is 55.1 Å². The van der Waals surface area contributed by atoms with Crippen LogP contribution >= 0.6 is 23.2 Å². The predicted octanol–water partition coefficient (Wildman–Crippen LogP) is 5.65. The molecule has 166 valence electrons. The van der Waals surface area contributed by atoms with Gasteiger partial charge in [0.2, 0.25) is 0 Å². The van der Waals surface area contributed by atoms with Crippen LogP contribution in [-0.4, -0.2) is 37.4 Å². The molecule has 1 aliphatic rings. The molecule has 5 aromatic rings. The van der Waals surface area contributed by atoms with Crippen molar-refractivity contribution >= 4 is 45.6 Å². The number of nitrogens with two attached hydrogens (primary N) is 1. The summed E-state index contributed by atoms with van der Waals surface area (Å²) in [5, 5.41) is 6.49. The van der Waals surface area contributed by atoms with Crippen molar-refractivity contribution in [1.82, 2.24) is 24.1 Å². The molecule has 0 bridgehead atoms. The topological polar surface area (TPSA) is 83.3 Å². The molecular weight excluding hydrogens is 459 g/mol. The molecule has 9 heteroatoms. The Kier molecular flexibility index (Phi) is 4.98. The van der Waals surface area contributed by atoms with Gasteiger partial charge in [-0.05, 0) is 37.1 Å². The highest BCUT2D eigenvalue weighted by atomic mass is 35.5. The van der Waals surface area contributed by atoms with Gasteiger partial charge in [0, 0.05) is 53.9 Å². The number of benzene rings is 1. The van der Waals surface area contributed by atoms with Gasteiger partial charge in [0.25, 0.3) is 0 Å². The average Bonchev–Trinajstić information content (AvgIpc) is 3.45. The van der Waals surface area contributed by atoms with E-state index in [2.05, 4.69) is 22.3 Å². The summed E-state index contributed by atoms with van der Waals surface area (Å²) in [6, 6.07) is 9.72. The van der Waals surface area contributed by atoms with Crippen molar-refractivity contribution in [2.75, 3.05) is 18.9 Å². The van der Waals surface area contributed by atoms with Crippen molar-refractivity contribution in [3.05, 3.63) is 65.2 Å². The lowest BCUT2D eigenvalue weighted by molar-refractivity contribution is 0.0662. The van der Waals surface area contributed by atoms with Crippen molar-refractivity contribution in [1.29, 1.82) is 0 Å². The molecule has 0 amide bonds. The number of fused-ring (bicyclic) bond motifs is 3. The van der Waals surface area contributed by atoms with Crippen LogP contribution < -0.4 is 5.73 Å². The molecule has 1 aromatic carbocycles. The molecule has 0 aliphatic carbocycles. The number of nitrogens with zero attached hydrogens (tertiary/aromatic N) is 5. The molecule has 6 rings (SSSR count). The summed E-state index contributed by atoms with van der Waals surface area (Å²) < 4.78 is 9.35. The van der Waals surface area contributed by atoms with Crippen molar-refractivity contribution in [3.8, 4) is 22.4 Å².